The molecule has 0 aromatic carbocycles. The van der Waals surface area contributed by atoms with Crippen LogP contribution in [0.25, 0.3) is 0 Å². The second-order valence-electron chi connectivity index (χ2n) is 4.82. The summed E-state index contributed by atoms with van der Waals surface area (Å²) in [4.78, 5) is 11.4. The summed E-state index contributed by atoms with van der Waals surface area (Å²) in [5.41, 5.74) is 0. The molecule has 3 nitrogen and oxygen atoms in total. The van der Waals surface area contributed by atoms with E-state index in [2.05, 4.69) is 10.6 Å². The maximum atomic E-state index is 11.9. The van der Waals surface area contributed by atoms with Gasteiger partial charge in [-0.2, -0.15) is 13.2 Å². The molecule has 0 aliphatic carbocycles. The van der Waals surface area contributed by atoms with Gasteiger partial charge < -0.3 is 10.6 Å². The van der Waals surface area contributed by atoms with E-state index in [4.69, 9.17) is 0 Å². The fraction of sp³-hybridized carbons (Fsp3) is 0.917. The van der Waals surface area contributed by atoms with Gasteiger partial charge in [-0.05, 0) is 44.7 Å². The number of piperidine rings is 1. The van der Waals surface area contributed by atoms with Gasteiger partial charge in [0, 0.05) is 19.4 Å². The van der Waals surface area contributed by atoms with Crippen molar-refractivity contribution < 1.29 is 18.0 Å². The van der Waals surface area contributed by atoms with Gasteiger partial charge in [-0.25, -0.2) is 0 Å². The van der Waals surface area contributed by atoms with Crippen molar-refractivity contribution in [2.45, 2.75) is 44.7 Å². The van der Waals surface area contributed by atoms with E-state index in [1.807, 2.05) is 0 Å². The molecule has 1 rings (SSSR count). The van der Waals surface area contributed by atoms with Crippen LogP contribution in [0.15, 0.2) is 0 Å². The molecule has 0 saturated carbocycles. The summed E-state index contributed by atoms with van der Waals surface area (Å²) in [5.74, 6) is 0.391. The molecular formula is C12H21F3N2O. The Kier molecular flexibility index (Phi) is 6.46. The van der Waals surface area contributed by atoms with E-state index in [1.165, 1.54) is 0 Å². The van der Waals surface area contributed by atoms with Crippen molar-refractivity contribution in [2.24, 2.45) is 5.92 Å². The Labute approximate surface area is 106 Å². The Morgan fingerprint density at radius 3 is 2.78 bits per heavy atom. The predicted octanol–water partition coefficient (Wildman–Crippen LogP) is 2.22. The lowest BCUT2D eigenvalue weighted by Gasteiger charge is -2.22. The lowest BCUT2D eigenvalue weighted by molar-refractivity contribution is -0.136. The minimum Gasteiger partial charge on any atom is -0.356 e. The third kappa shape index (κ3) is 7.53. The average molecular weight is 266 g/mol. The molecule has 2 N–H and O–H groups in total. The SMILES string of the molecule is O=C(CCC1CCCNC1)NCCCC(F)(F)F. The number of hydrogen-bond acceptors (Lipinski definition) is 2. The van der Waals surface area contributed by atoms with Crippen molar-refractivity contribution in [3.63, 3.8) is 0 Å². The van der Waals surface area contributed by atoms with E-state index in [9.17, 15) is 18.0 Å². The van der Waals surface area contributed by atoms with Crippen LogP contribution in [0.3, 0.4) is 0 Å². The quantitative estimate of drug-likeness (QED) is 0.724. The first-order valence-corrected chi connectivity index (χ1v) is 6.51. The fourth-order valence-corrected chi connectivity index (χ4v) is 2.11. The van der Waals surface area contributed by atoms with Gasteiger partial charge in [0.25, 0.3) is 0 Å². The number of rotatable bonds is 6. The third-order valence-corrected chi connectivity index (χ3v) is 3.14. The number of halogens is 3. The highest BCUT2D eigenvalue weighted by Crippen LogP contribution is 2.20. The van der Waals surface area contributed by atoms with Crippen molar-refractivity contribution in [3.8, 4) is 0 Å². The molecule has 106 valence electrons. The van der Waals surface area contributed by atoms with Crippen molar-refractivity contribution in [1.29, 1.82) is 0 Å². The van der Waals surface area contributed by atoms with Gasteiger partial charge in [0.15, 0.2) is 0 Å². The van der Waals surface area contributed by atoms with Crippen molar-refractivity contribution in [2.75, 3.05) is 19.6 Å². The normalized spacial score (nSPS) is 20.7. The lowest BCUT2D eigenvalue weighted by Crippen LogP contribution is -2.31. The zero-order chi connectivity index (χ0) is 13.4. The zero-order valence-corrected chi connectivity index (χ0v) is 10.5. The zero-order valence-electron chi connectivity index (χ0n) is 10.5. The van der Waals surface area contributed by atoms with Crippen molar-refractivity contribution in [1.82, 2.24) is 10.6 Å². The van der Waals surface area contributed by atoms with E-state index in [-0.39, 0.29) is 18.9 Å². The van der Waals surface area contributed by atoms with Crippen LogP contribution in [0.1, 0.15) is 38.5 Å². The average Bonchev–Trinajstić information content (AvgIpc) is 2.32. The summed E-state index contributed by atoms with van der Waals surface area (Å²) in [5, 5.41) is 5.81. The van der Waals surface area contributed by atoms with Crippen LogP contribution in [-0.2, 0) is 4.79 Å². The monoisotopic (exact) mass is 266 g/mol. The maximum Gasteiger partial charge on any atom is 0.389 e. The maximum absolute atomic E-state index is 11.9. The highest BCUT2D eigenvalue weighted by molar-refractivity contribution is 5.75. The van der Waals surface area contributed by atoms with Gasteiger partial charge in [-0.3, -0.25) is 4.79 Å². The minimum absolute atomic E-state index is 0.0414. The summed E-state index contributed by atoms with van der Waals surface area (Å²) >= 11 is 0. The Morgan fingerprint density at radius 1 is 1.39 bits per heavy atom. The van der Waals surface area contributed by atoms with Crippen LogP contribution in [0.4, 0.5) is 13.2 Å². The second kappa shape index (κ2) is 7.61. The van der Waals surface area contributed by atoms with Gasteiger partial charge in [-0.15, -0.1) is 0 Å². The molecule has 1 unspecified atom stereocenters. The van der Waals surface area contributed by atoms with E-state index < -0.39 is 12.6 Å². The van der Waals surface area contributed by atoms with Gasteiger partial charge in [0.05, 0.1) is 0 Å². The first kappa shape index (κ1) is 15.3. The largest absolute Gasteiger partial charge is 0.389 e. The second-order valence-corrected chi connectivity index (χ2v) is 4.82. The van der Waals surface area contributed by atoms with Gasteiger partial charge in [-0.1, -0.05) is 0 Å². The summed E-state index contributed by atoms with van der Waals surface area (Å²) in [6.07, 6.45) is -1.50. The van der Waals surface area contributed by atoms with E-state index in [1.54, 1.807) is 0 Å². The standard InChI is InChI=1S/C12H21F3N2O/c13-12(14,15)6-2-8-17-11(18)5-4-10-3-1-7-16-9-10/h10,16H,1-9H2,(H,17,18). The Balaban J connectivity index is 2.00. The molecular weight excluding hydrogens is 245 g/mol. The molecule has 0 radical (unpaired) electrons. The smallest absolute Gasteiger partial charge is 0.356 e. The Morgan fingerprint density at radius 2 is 2.17 bits per heavy atom. The fourth-order valence-electron chi connectivity index (χ4n) is 2.11. The summed E-state index contributed by atoms with van der Waals surface area (Å²) in [6.45, 7) is 2.10. The highest BCUT2D eigenvalue weighted by Gasteiger charge is 2.26. The summed E-state index contributed by atoms with van der Waals surface area (Å²) in [6, 6.07) is 0. The highest BCUT2D eigenvalue weighted by atomic mass is 19.4. The van der Waals surface area contributed by atoms with E-state index >= 15 is 0 Å². The summed E-state index contributed by atoms with van der Waals surface area (Å²) in [7, 11) is 0. The third-order valence-electron chi connectivity index (χ3n) is 3.14. The number of amides is 1. The number of carbonyl (C=O) groups is 1. The molecule has 6 heteroatoms. The Hall–Kier alpha value is -0.780. The Bertz CT molecular complexity index is 250. The first-order chi connectivity index (χ1) is 8.47. The van der Waals surface area contributed by atoms with Gasteiger partial charge >= 0.3 is 6.18 Å². The number of nitrogens with one attached hydrogen (secondary N) is 2. The molecule has 1 atom stereocenters. The summed E-state index contributed by atoms with van der Waals surface area (Å²) < 4.78 is 35.6. The topological polar surface area (TPSA) is 41.1 Å². The number of carbonyl (C=O) groups excluding carboxylic acids is 1. The lowest BCUT2D eigenvalue weighted by atomic mass is 9.94. The molecule has 1 amide bonds. The molecule has 1 heterocycles. The van der Waals surface area contributed by atoms with Crippen LogP contribution >= 0.6 is 0 Å². The molecule has 1 aliphatic heterocycles. The van der Waals surface area contributed by atoms with Crippen LogP contribution in [-0.4, -0.2) is 31.7 Å². The van der Waals surface area contributed by atoms with Crippen LogP contribution in [0, 0.1) is 5.92 Å². The van der Waals surface area contributed by atoms with Crippen LogP contribution in [0.5, 0.6) is 0 Å². The van der Waals surface area contributed by atoms with E-state index in [0.717, 1.165) is 32.4 Å². The number of hydrogen-bond donors (Lipinski definition) is 2. The molecule has 0 bridgehead atoms. The first-order valence-electron chi connectivity index (χ1n) is 6.51. The molecule has 1 fully saturated rings. The molecule has 18 heavy (non-hydrogen) atoms. The number of alkyl halides is 3. The van der Waals surface area contributed by atoms with Crippen molar-refractivity contribution >= 4 is 5.91 Å². The van der Waals surface area contributed by atoms with Crippen LogP contribution < -0.4 is 10.6 Å². The molecule has 0 aromatic rings. The molecule has 1 aliphatic rings. The van der Waals surface area contributed by atoms with Crippen LogP contribution in [0.2, 0.25) is 0 Å². The molecule has 0 spiro atoms. The van der Waals surface area contributed by atoms with Crippen molar-refractivity contribution in [3.05, 3.63) is 0 Å². The minimum atomic E-state index is -4.13. The predicted molar refractivity (Wildman–Crippen MR) is 63.1 cm³/mol. The van der Waals surface area contributed by atoms with Gasteiger partial charge in [0.1, 0.15) is 0 Å². The van der Waals surface area contributed by atoms with Gasteiger partial charge in [0.2, 0.25) is 5.91 Å². The molecule has 0 aromatic heterocycles. The van der Waals surface area contributed by atoms with E-state index in [0.29, 0.717) is 12.3 Å². The molecule has 1 saturated heterocycles.